The van der Waals surface area contributed by atoms with Crippen LogP contribution < -0.4 is 5.56 Å². The van der Waals surface area contributed by atoms with Crippen LogP contribution in [-0.2, 0) is 6.42 Å². The van der Waals surface area contributed by atoms with Crippen LogP contribution in [0.5, 0.6) is 0 Å². The molecule has 3 aromatic rings. The zero-order chi connectivity index (χ0) is 19.5. The van der Waals surface area contributed by atoms with Crippen LogP contribution in [0.2, 0.25) is 0 Å². The van der Waals surface area contributed by atoms with E-state index < -0.39 is 0 Å². The summed E-state index contributed by atoms with van der Waals surface area (Å²) in [6, 6.07) is 14.8. The topological polar surface area (TPSA) is 61.5 Å². The lowest BCUT2D eigenvalue weighted by Crippen LogP contribution is -2.22. The third-order valence-electron chi connectivity index (χ3n) is 5.82. The highest BCUT2D eigenvalue weighted by Gasteiger charge is 2.26. The van der Waals surface area contributed by atoms with Crippen LogP contribution in [0.25, 0.3) is 0 Å². The van der Waals surface area contributed by atoms with Gasteiger partial charge >= 0.3 is 0 Å². The number of aromatic amines is 2. The Morgan fingerprint density at radius 2 is 1.75 bits per heavy atom. The van der Waals surface area contributed by atoms with Gasteiger partial charge in [-0.15, -0.1) is 0 Å². The largest absolute Gasteiger partial charge is 0.335 e. The van der Waals surface area contributed by atoms with Crippen LogP contribution in [0, 0.1) is 11.7 Å². The number of H-pyrrole nitrogens is 2. The van der Waals surface area contributed by atoms with E-state index in [4.69, 9.17) is 12.2 Å². The van der Waals surface area contributed by atoms with Crippen LogP contribution >= 0.6 is 12.2 Å². The van der Waals surface area contributed by atoms with Crippen molar-refractivity contribution in [1.29, 1.82) is 0 Å². The molecule has 1 saturated carbocycles. The highest BCUT2D eigenvalue weighted by atomic mass is 32.1. The molecule has 0 aliphatic heterocycles. The molecule has 28 heavy (non-hydrogen) atoms. The minimum atomic E-state index is -0.0709. The molecule has 1 fully saturated rings. The molecular formula is C23H25N3OS. The standard InChI is InChI=1S/C23H25N3OS/c1-15-13-16(11-12-24-15)14-20-21(25-23(28)26-22(20)27)19-9-7-18(8-10-19)17-5-3-2-4-6-17/h2-6,11-13,18-19H,7-10,14H2,1H3,(H2,25,26,27,28). The molecule has 4 rings (SSSR count). The molecule has 2 heterocycles. The molecule has 0 bridgehead atoms. The lowest BCUT2D eigenvalue weighted by molar-refractivity contribution is 0.389. The number of aryl methyl sites for hydroxylation is 1. The van der Waals surface area contributed by atoms with E-state index in [1.165, 1.54) is 5.56 Å². The molecule has 5 heteroatoms. The summed E-state index contributed by atoms with van der Waals surface area (Å²) in [7, 11) is 0. The molecular weight excluding hydrogens is 366 g/mol. The van der Waals surface area contributed by atoms with Gasteiger partial charge in [0, 0.05) is 29.6 Å². The normalized spacial score (nSPS) is 19.5. The van der Waals surface area contributed by atoms with Gasteiger partial charge in [-0.2, -0.15) is 0 Å². The maximum atomic E-state index is 12.7. The fraction of sp³-hybridized carbons (Fsp3) is 0.348. The van der Waals surface area contributed by atoms with Gasteiger partial charge < -0.3 is 4.98 Å². The average Bonchev–Trinajstić information content (AvgIpc) is 2.71. The third-order valence-corrected chi connectivity index (χ3v) is 6.03. The first-order valence-electron chi connectivity index (χ1n) is 9.92. The Hall–Kier alpha value is -2.53. The van der Waals surface area contributed by atoms with E-state index >= 15 is 0 Å². The van der Waals surface area contributed by atoms with Gasteiger partial charge in [-0.3, -0.25) is 14.8 Å². The summed E-state index contributed by atoms with van der Waals surface area (Å²) in [5.74, 6) is 0.954. The number of nitrogens with zero attached hydrogens (tertiary/aromatic N) is 1. The van der Waals surface area contributed by atoms with Gasteiger partial charge in [-0.25, -0.2) is 0 Å². The third kappa shape index (κ3) is 4.14. The van der Waals surface area contributed by atoms with E-state index in [-0.39, 0.29) is 5.56 Å². The molecule has 4 nitrogen and oxygen atoms in total. The zero-order valence-corrected chi connectivity index (χ0v) is 16.9. The highest BCUT2D eigenvalue weighted by Crippen LogP contribution is 2.40. The van der Waals surface area contributed by atoms with E-state index in [2.05, 4.69) is 45.3 Å². The van der Waals surface area contributed by atoms with Crippen LogP contribution in [-0.4, -0.2) is 15.0 Å². The summed E-state index contributed by atoms with van der Waals surface area (Å²) < 4.78 is 0.417. The van der Waals surface area contributed by atoms with Gasteiger partial charge in [0.05, 0.1) is 0 Å². The number of rotatable bonds is 4. The van der Waals surface area contributed by atoms with Crippen molar-refractivity contribution in [2.45, 2.75) is 50.9 Å². The predicted octanol–water partition coefficient (Wildman–Crippen LogP) is 5.17. The average molecular weight is 392 g/mol. The Morgan fingerprint density at radius 3 is 2.46 bits per heavy atom. The fourth-order valence-corrected chi connectivity index (χ4v) is 4.62. The van der Waals surface area contributed by atoms with Crippen LogP contribution in [0.15, 0.2) is 53.5 Å². The van der Waals surface area contributed by atoms with Gasteiger partial charge in [0.15, 0.2) is 4.77 Å². The molecule has 1 aliphatic rings. The monoisotopic (exact) mass is 391 g/mol. The van der Waals surface area contributed by atoms with Crippen LogP contribution in [0.3, 0.4) is 0 Å². The molecule has 0 spiro atoms. The SMILES string of the molecule is Cc1cc(Cc2c(C3CCC(c4ccccc4)CC3)[nH]c(=S)[nH]c2=O)ccn1. The van der Waals surface area contributed by atoms with Gasteiger partial charge in [-0.05, 0) is 79.9 Å². The van der Waals surface area contributed by atoms with Gasteiger partial charge in [0.1, 0.15) is 0 Å². The second kappa shape index (κ2) is 8.23. The highest BCUT2D eigenvalue weighted by molar-refractivity contribution is 7.71. The maximum Gasteiger partial charge on any atom is 0.255 e. The van der Waals surface area contributed by atoms with Crippen molar-refractivity contribution >= 4 is 12.2 Å². The predicted molar refractivity (Wildman–Crippen MR) is 114 cm³/mol. The first kappa shape index (κ1) is 18.8. The quantitative estimate of drug-likeness (QED) is 0.603. The molecule has 2 N–H and O–H groups in total. The lowest BCUT2D eigenvalue weighted by atomic mass is 9.76. The van der Waals surface area contributed by atoms with E-state index in [1.54, 1.807) is 6.20 Å². The Labute approximate surface area is 170 Å². The van der Waals surface area contributed by atoms with Crippen molar-refractivity contribution in [3.63, 3.8) is 0 Å². The summed E-state index contributed by atoms with van der Waals surface area (Å²) in [4.78, 5) is 23.1. The molecule has 0 radical (unpaired) electrons. The van der Waals surface area contributed by atoms with Crippen molar-refractivity contribution in [2.75, 3.05) is 0 Å². The first-order chi connectivity index (χ1) is 13.6. The van der Waals surface area contributed by atoms with E-state index in [0.29, 0.717) is 23.0 Å². The van der Waals surface area contributed by atoms with Gasteiger partial charge in [0.25, 0.3) is 5.56 Å². The molecule has 1 aliphatic carbocycles. The molecule has 2 aromatic heterocycles. The molecule has 144 valence electrons. The summed E-state index contributed by atoms with van der Waals surface area (Å²) >= 11 is 5.28. The number of aromatic nitrogens is 3. The fourth-order valence-electron chi connectivity index (χ4n) is 4.41. The lowest BCUT2D eigenvalue weighted by Gasteiger charge is -2.29. The summed E-state index contributed by atoms with van der Waals surface area (Å²) in [6.07, 6.45) is 6.80. The van der Waals surface area contributed by atoms with E-state index in [0.717, 1.165) is 48.2 Å². The Bertz CT molecular complexity index is 1060. The molecule has 1 aromatic carbocycles. The van der Waals surface area contributed by atoms with Gasteiger partial charge in [-0.1, -0.05) is 30.3 Å². The minimum Gasteiger partial charge on any atom is -0.335 e. The smallest absolute Gasteiger partial charge is 0.255 e. The van der Waals surface area contributed by atoms with Gasteiger partial charge in [0.2, 0.25) is 0 Å². The van der Waals surface area contributed by atoms with E-state index in [1.807, 2.05) is 19.1 Å². The van der Waals surface area contributed by atoms with Crippen molar-refractivity contribution in [1.82, 2.24) is 15.0 Å². The van der Waals surface area contributed by atoms with Crippen molar-refractivity contribution in [3.8, 4) is 0 Å². The second-order valence-electron chi connectivity index (χ2n) is 7.74. The Kier molecular flexibility index (Phi) is 5.53. The number of pyridine rings is 1. The number of hydrogen-bond acceptors (Lipinski definition) is 3. The summed E-state index contributed by atoms with van der Waals surface area (Å²) in [5, 5.41) is 0. The molecule has 0 saturated heterocycles. The Balaban J connectivity index is 1.59. The minimum absolute atomic E-state index is 0.0709. The van der Waals surface area contributed by atoms with Crippen molar-refractivity contribution < 1.29 is 0 Å². The van der Waals surface area contributed by atoms with Crippen molar-refractivity contribution in [3.05, 3.63) is 91.9 Å². The van der Waals surface area contributed by atoms with E-state index in [9.17, 15) is 4.79 Å². The van der Waals surface area contributed by atoms with Crippen LogP contribution in [0.1, 0.15) is 65.6 Å². The number of hydrogen-bond donors (Lipinski definition) is 2. The molecule has 0 atom stereocenters. The number of benzene rings is 1. The Morgan fingerprint density at radius 1 is 1.04 bits per heavy atom. The molecule has 0 amide bonds. The van der Waals surface area contributed by atoms with Crippen molar-refractivity contribution in [2.24, 2.45) is 0 Å². The van der Waals surface area contributed by atoms with Crippen LogP contribution in [0.4, 0.5) is 0 Å². The first-order valence-corrected chi connectivity index (χ1v) is 10.3. The summed E-state index contributed by atoms with van der Waals surface area (Å²) in [5.41, 5.74) is 5.24. The second-order valence-corrected chi connectivity index (χ2v) is 8.15. The number of nitrogens with one attached hydrogen (secondary N) is 2. The summed E-state index contributed by atoms with van der Waals surface area (Å²) in [6.45, 7) is 1.97. The molecule has 0 unspecified atom stereocenters. The maximum absolute atomic E-state index is 12.7. The zero-order valence-electron chi connectivity index (χ0n) is 16.1.